The lowest BCUT2D eigenvalue weighted by molar-refractivity contribution is 1.02. The lowest BCUT2D eigenvalue weighted by Crippen LogP contribution is -2.04. The first-order valence-electron chi connectivity index (χ1n) is 21.3. The largest absolute Gasteiger partial charge is 0.309 e. The van der Waals surface area contributed by atoms with Crippen molar-refractivity contribution in [1.82, 2.24) is 19.1 Å². The van der Waals surface area contributed by atoms with Gasteiger partial charge < -0.3 is 4.57 Å². The molecular weight excluding hydrogens is 753 g/mol. The van der Waals surface area contributed by atoms with Crippen LogP contribution in [0.25, 0.3) is 131 Å². The predicted molar refractivity (Wildman–Crippen MR) is 261 cm³/mol. The van der Waals surface area contributed by atoms with E-state index < -0.39 is 0 Å². The number of benzene rings is 11. The van der Waals surface area contributed by atoms with Crippen LogP contribution in [0.4, 0.5) is 0 Å². The van der Waals surface area contributed by atoms with Crippen molar-refractivity contribution in [3.05, 3.63) is 206 Å². The summed E-state index contributed by atoms with van der Waals surface area (Å²) in [4.78, 5) is 11.4. The maximum absolute atomic E-state index is 5.77. The first-order chi connectivity index (χ1) is 30.8. The van der Waals surface area contributed by atoms with E-state index in [1.807, 2.05) is 0 Å². The molecule has 0 atom stereocenters. The molecular formula is C58H34N4. The number of aromatic nitrogens is 4. The summed E-state index contributed by atoms with van der Waals surface area (Å²) in [6, 6.07) is 74.8. The Morgan fingerprint density at radius 2 is 0.871 bits per heavy atom. The Morgan fingerprint density at radius 1 is 0.290 bits per heavy atom. The van der Waals surface area contributed by atoms with Crippen LogP contribution in [0.5, 0.6) is 0 Å². The van der Waals surface area contributed by atoms with E-state index in [0.29, 0.717) is 5.95 Å². The fourth-order valence-electron chi connectivity index (χ4n) is 10.6. The number of rotatable bonds is 3. The lowest BCUT2D eigenvalue weighted by Gasteiger charge is -2.15. The van der Waals surface area contributed by atoms with Crippen LogP contribution in [0.3, 0.4) is 0 Å². The molecule has 14 rings (SSSR count). The highest BCUT2D eigenvalue weighted by Crippen LogP contribution is 2.46. The smallest absolute Gasteiger partial charge is 0.235 e. The quantitative estimate of drug-likeness (QED) is 0.167. The maximum atomic E-state index is 5.77. The number of para-hydroxylation sites is 2. The molecule has 0 fully saturated rings. The molecule has 0 saturated heterocycles. The SMILES string of the molecule is c1ccc(-n2c3ccccc3c3c(-c4nc(-n5c6cc7ccccc7cc6c6c7c8ccccc8c8ccccc8c7ccc65)nc5c4ccc4ccccc45)cccc32)cc1. The summed E-state index contributed by atoms with van der Waals surface area (Å²) in [6.45, 7) is 0. The molecule has 62 heavy (non-hydrogen) atoms. The fourth-order valence-corrected chi connectivity index (χ4v) is 10.6. The summed E-state index contributed by atoms with van der Waals surface area (Å²) in [5.41, 5.74) is 8.49. The normalized spacial score (nSPS) is 12.2. The first kappa shape index (κ1) is 33.5. The fraction of sp³-hybridized carbons (Fsp3) is 0. The number of hydrogen-bond acceptors (Lipinski definition) is 2. The highest BCUT2D eigenvalue weighted by Gasteiger charge is 2.24. The van der Waals surface area contributed by atoms with Gasteiger partial charge in [0.25, 0.3) is 0 Å². The van der Waals surface area contributed by atoms with Crippen LogP contribution in [-0.2, 0) is 0 Å². The van der Waals surface area contributed by atoms with Gasteiger partial charge in [0.2, 0.25) is 5.95 Å². The number of hydrogen-bond donors (Lipinski definition) is 0. The average molecular weight is 787 g/mol. The van der Waals surface area contributed by atoms with Crippen molar-refractivity contribution in [1.29, 1.82) is 0 Å². The van der Waals surface area contributed by atoms with Crippen molar-refractivity contribution in [3.63, 3.8) is 0 Å². The van der Waals surface area contributed by atoms with Crippen LogP contribution in [-0.4, -0.2) is 19.1 Å². The minimum Gasteiger partial charge on any atom is -0.309 e. The third-order valence-electron chi connectivity index (χ3n) is 13.2. The topological polar surface area (TPSA) is 35.6 Å². The van der Waals surface area contributed by atoms with E-state index in [1.165, 1.54) is 64.6 Å². The molecule has 0 amide bonds. The number of fused-ring (bicyclic) bond motifs is 17. The zero-order valence-corrected chi connectivity index (χ0v) is 33.4. The van der Waals surface area contributed by atoms with Gasteiger partial charge in [0.05, 0.1) is 33.3 Å². The Labute approximate surface area is 355 Å². The molecule has 0 aliphatic rings. The van der Waals surface area contributed by atoms with E-state index >= 15 is 0 Å². The van der Waals surface area contributed by atoms with Crippen LogP contribution in [0.1, 0.15) is 0 Å². The van der Waals surface area contributed by atoms with E-state index in [1.54, 1.807) is 0 Å². The minimum absolute atomic E-state index is 0.646. The Hall–Kier alpha value is -8.34. The molecule has 0 N–H and O–H groups in total. The van der Waals surface area contributed by atoms with Crippen molar-refractivity contribution < 1.29 is 0 Å². The summed E-state index contributed by atoms with van der Waals surface area (Å²) in [6.07, 6.45) is 0. The second-order valence-corrected chi connectivity index (χ2v) is 16.5. The number of nitrogens with zero attached hydrogens (tertiary/aromatic N) is 4. The summed E-state index contributed by atoms with van der Waals surface area (Å²) < 4.78 is 4.71. The molecule has 0 bridgehead atoms. The second kappa shape index (κ2) is 12.6. The molecule has 3 heterocycles. The van der Waals surface area contributed by atoms with Gasteiger partial charge in [-0.15, -0.1) is 0 Å². The Bertz CT molecular complexity index is 4180. The molecule has 0 aliphatic heterocycles. The molecule has 0 radical (unpaired) electrons. The monoisotopic (exact) mass is 786 g/mol. The van der Waals surface area contributed by atoms with Gasteiger partial charge in [0.15, 0.2) is 0 Å². The van der Waals surface area contributed by atoms with Gasteiger partial charge in [0, 0.05) is 49.0 Å². The van der Waals surface area contributed by atoms with Gasteiger partial charge in [-0.05, 0) is 91.6 Å². The van der Waals surface area contributed by atoms with Gasteiger partial charge in [-0.2, -0.15) is 0 Å². The molecule has 0 spiro atoms. The van der Waals surface area contributed by atoms with Crippen molar-refractivity contribution in [3.8, 4) is 22.9 Å². The first-order valence-corrected chi connectivity index (χ1v) is 21.3. The molecule has 0 unspecified atom stereocenters. The average Bonchev–Trinajstić information content (AvgIpc) is 3.85. The molecule has 14 aromatic rings. The van der Waals surface area contributed by atoms with Gasteiger partial charge >= 0.3 is 0 Å². The summed E-state index contributed by atoms with van der Waals surface area (Å²) >= 11 is 0. The maximum Gasteiger partial charge on any atom is 0.235 e. The van der Waals surface area contributed by atoms with Gasteiger partial charge in [0.1, 0.15) is 0 Å². The van der Waals surface area contributed by atoms with Crippen LogP contribution >= 0.6 is 0 Å². The Kier molecular flexibility index (Phi) is 6.80. The summed E-state index contributed by atoms with van der Waals surface area (Å²) in [7, 11) is 0. The highest BCUT2D eigenvalue weighted by atomic mass is 15.2. The van der Waals surface area contributed by atoms with Crippen LogP contribution in [0, 0.1) is 0 Å². The molecule has 4 heteroatoms. The Balaban J connectivity index is 1.17. The van der Waals surface area contributed by atoms with Crippen LogP contribution in [0.2, 0.25) is 0 Å². The highest BCUT2D eigenvalue weighted by molar-refractivity contribution is 6.36. The van der Waals surface area contributed by atoms with Crippen molar-refractivity contribution >= 4 is 108 Å². The standard InChI is InChI=1S/C58H34N4/c1-2-18-38(19-3-1)61-49-27-13-12-25-45(49)53-46(26-14-28-50(53)61)57-47-30-29-35-15-6-7-20-39(35)56(47)59-58(60-57)62-51-32-31-44-42-23-9-8-21-40(42)41-22-10-11-24-43(41)54(44)55(51)48-33-36-16-4-5-17-37(36)34-52(48)62/h1-34H. The second-order valence-electron chi connectivity index (χ2n) is 16.5. The lowest BCUT2D eigenvalue weighted by atomic mass is 9.91. The zero-order chi connectivity index (χ0) is 40.5. The van der Waals surface area contributed by atoms with Crippen molar-refractivity contribution in [2.45, 2.75) is 0 Å². The predicted octanol–water partition coefficient (Wildman–Crippen LogP) is 15.3. The van der Waals surface area contributed by atoms with Crippen LogP contribution in [0.15, 0.2) is 206 Å². The van der Waals surface area contributed by atoms with E-state index in [9.17, 15) is 0 Å². The van der Waals surface area contributed by atoms with Crippen LogP contribution < -0.4 is 0 Å². The summed E-state index contributed by atoms with van der Waals surface area (Å²) in [5.74, 6) is 0.646. The van der Waals surface area contributed by atoms with E-state index in [4.69, 9.17) is 9.97 Å². The Morgan fingerprint density at radius 3 is 1.66 bits per heavy atom. The summed E-state index contributed by atoms with van der Waals surface area (Å²) in [5, 5.41) is 17.9. The molecule has 4 nitrogen and oxygen atoms in total. The van der Waals surface area contributed by atoms with Gasteiger partial charge in [-0.1, -0.05) is 158 Å². The van der Waals surface area contributed by atoms with E-state index in [-0.39, 0.29) is 0 Å². The molecule has 3 aromatic heterocycles. The van der Waals surface area contributed by atoms with Gasteiger partial charge in [-0.25, -0.2) is 9.97 Å². The van der Waals surface area contributed by atoms with Gasteiger partial charge in [-0.3, -0.25) is 4.57 Å². The van der Waals surface area contributed by atoms with Crippen molar-refractivity contribution in [2.75, 3.05) is 0 Å². The zero-order valence-electron chi connectivity index (χ0n) is 33.4. The van der Waals surface area contributed by atoms with E-state index in [0.717, 1.165) is 60.7 Å². The molecule has 0 aliphatic carbocycles. The molecule has 11 aromatic carbocycles. The van der Waals surface area contributed by atoms with Crippen molar-refractivity contribution in [2.24, 2.45) is 0 Å². The molecule has 286 valence electrons. The van der Waals surface area contributed by atoms with E-state index in [2.05, 4.69) is 215 Å². The third kappa shape index (κ3) is 4.55. The molecule has 0 saturated carbocycles. The minimum atomic E-state index is 0.646. The third-order valence-corrected chi connectivity index (χ3v) is 13.2.